The molecule has 0 saturated heterocycles. The van der Waals surface area contributed by atoms with Crippen molar-refractivity contribution in [2.45, 2.75) is 27.3 Å². The zero-order valence-electron chi connectivity index (χ0n) is 15.2. The minimum absolute atomic E-state index is 0.00269. The maximum atomic E-state index is 12.0. The number of rotatable bonds is 6. The number of ether oxygens (including phenoxy) is 1. The van der Waals surface area contributed by atoms with Crippen LogP contribution in [-0.4, -0.2) is 17.5 Å². The molecule has 0 spiro atoms. The molecule has 26 heavy (non-hydrogen) atoms. The van der Waals surface area contributed by atoms with Crippen LogP contribution in [0.4, 0.5) is 0 Å². The molecule has 4 nitrogen and oxygen atoms in total. The molecule has 1 aromatic heterocycles. The Labute approximate surface area is 157 Å². The second-order valence-electron chi connectivity index (χ2n) is 6.27. The molecular formula is C21H22N2O2S. The first-order valence-corrected chi connectivity index (χ1v) is 9.38. The van der Waals surface area contributed by atoms with Crippen LogP contribution in [0.1, 0.15) is 22.4 Å². The highest BCUT2D eigenvalue weighted by Crippen LogP contribution is 2.26. The third-order valence-electron chi connectivity index (χ3n) is 4.24. The first-order valence-electron chi connectivity index (χ1n) is 8.50. The molecule has 5 heteroatoms. The summed E-state index contributed by atoms with van der Waals surface area (Å²) in [6, 6.07) is 14.0. The Balaban J connectivity index is 1.52. The number of aromatic nitrogens is 1. The Morgan fingerprint density at radius 2 is 1.88 bits per heavy atom. The van der Waals surface area contributed by atoms with Crippen molar-refractivity contribution in [1.29, 1.82) is 0 Å². The van der Waals surface area contributed by atoms with Gasteiger partial charge < -0.3 is 10.1 Å². The minimum atomic E-state index is -0.159. The van der Waals surface area contributed by atoms with Crippen molar-refractivity contribution >= 4 is 17.2 Å². The molecule has 2 aromatic carbocycles. The summed E-state index contributed by atoms with van der Waals surface area (Å²) in [5, 5.41) is 5.80. The van der Waals surface area contributed by atoms with E-state index in [9.17, 15) is 4.79 Å². The predicted molar refractivity (Wildman–Crippen MR) is 106 cm³/mol. The van der Waals surface area contributed by atoms with Crippen LogP contribution in [0, 0.1) is 20.8 Å². The van der Waals surface area contributed by atoms with Crippen molar-refractivity contribution < 1.29 is 9.53 Å². The van der Waals surface area contributed by atoms with Gasteiger partial charge in [-0.2, -0.15) is 0 Å². The van der Waals surface area contributed by atoms with E-state index in [0.717, 1.165) is 21.8 Å². The minimum Gasteiger partial charge on any atom is -0.484 e. The van der Waals surface area contributed by atoms with Crippen LogP contribution in [0.15, 0.2) is 47.8 Å². The number of thiazole rings is 1. The number of aryl methyl sites for hydroxylation is 3. The van der Waals surface area contributed by atoms with Gasteiger partial charge in [-0.1, -0.05) is 30.3 Å². The van der Waals surface area contributed by atoms with Crippen LogP contribution >= 0.6 is 11.3 Å². The van der Waals surface area contributed by atoms with Gasteiger partial charge >= 0.3 is 0 Å². The number of nitrogens with zero attached hydrogens (tertiary/aromatic N) is 1. The third kappa shape index (κ3) is 4.49. The van der Waals surface area contributed by atoms with E-state index in [1.807, 2.05) is 49.6 Å². The molecule has 1 heterocycles. The van der Waals surface area contributed by atoms with Crippen molar-refractivity contribution in [2.24, 2.45) is 0 Å². The Morgan fingerprint density at radius 1 is 1.08 bits per heavy atom. The van der Waals surface area contributed by atoms with Crippen LogP contribution in [0.2, 0.25) is 0 Å². The number of carbonyl (C=O) groups is 1. The van der Waals surface area contributed by atoms with Gasteiger partial charge in [0.1, 0.15) is 10.8 Å². The summed E-state index contributed by atoms with van der Waals surface area (Å²) in [7, 11) is 0. The Morgan fingerprint density at radius 3 is 2.65 bits per heavy atom. The van der Waals surface area contributed by atoms with E-state index in [2.05, 4.69) is 29.4 Å². The summed E-state index contributed by atoms with van der Waals surface area (Å²) in [6.45, 7) is 6.54. The lowest BCUT2D eigenvalue weighted by Crippen LogP contribution is -2.28. The van der Waals surface area contributed by atoms with Gasteiger partial charge in [-0.05, 0) is 49.6 Å². The summed E-state index contributed by atoms with van der Waals surface area (Å²) in [4.78, 5) is 16.6. The van der Waals surface area contributed by atoms with Crippen LogP contribution in [0.25, 0.3) is 10.6 Å². The van der Waals surface area contributed by atoms with Gasteiger partial charge in [0.2, 0.25) is 0 Å². The van der Waals surface area contributed by atoms with Crippen molar-refractivity contribution in [3.05, 3.63) is 70.2 Å². The highest BCUT2D eigenvalue weighted by atomic mass is 32.1. The van der Waals surface area contributed by atoms with Crippen molar-refractivity contribution in [3.63, 3.8) is 0 Å². The maximum Gasteiger partial charge on any atom is 0.258 e. The Hall–Kier alpha value is -2.66. The third-order valence-corrected chi connectivity index (χ3v) is 5.17. The largest absolute Gasteiger partial charge is 0.484 e. The van der Waals surface area contributed by atoms with Gasteiger partial charge in [-0.15, -0.1) is 11.3 Å². The molecular weight excluding hydrogens is 344 g/mol. The average molecular weight is 366 g/mol. The number of amides is 1. The zero-order chi connectivity index (χ0) is 18.5. The summed E-state index contributed by atoms with van der Waals surface area (Å²) in [5.74, 6) is 0.549. The normalized spacial score (nSPS) is 10.6. The summed E-state index contributed by atoms with van der Waals surface area (Å²) >= 11 is 1.59. The van der Waals surface area contributed by atoms with Crippen molar-refractivity contribution in [3.8, 4) is 16.3 Å². The summed E-state index contributed by atoms with van der Waals surface area (Å²) in [5.41, 5.74) is 5.53. The predicted octanol–water partition coefficient (Wildman–Crippen LogP) is 4.43. The van der Waals surface area contributed by atoms with E-state index in [1.165, 1.54) is 11.1 Å². The lowest BCUT2D eigenvalue weighted by molar-refractivity contribution is -0.123. The van der Waals surface area contributed by atoms with E-state index in [0.29, 0.717) is 12.3 Å². The standard InChI is InChI=1S/C21H22N2O2S/c1-14-8-9-18(10-16(14)3)25-12-20(24)22-11-17-13-26-21(23-17)19-7-5-4-6-15(19)2/h4-10,13H,11-12H2,1-3H3,(H,22,24). The fourth-order valence-corrected chi connectivity index (χ4v) is 3.43. The Kier molecular flexibility index (Phi) is 5.68. The van der Waals surface area contributed by atoms with Gasteiger partial charge in [-0.25, -0.2) is 4.98 Å². The molecule has 0 bridgehead atoms. The van der Waals surface area contributed by atoms with E-state index < -0.39 is 0 Å². The molecule has 3 aromatic rings. The van der Waals surface area contributed by atoms with E-state index >= 15 is 0 Å². The number of benzene rings is 2. The summed E-state index contributed by atoms with van der Waals surface area (Å²) < 4.78 is 5.55. The number of nitrogens with one attached hydrogen (secondary N) is 1. The highest BCUT2D eigenvalue weighted by molar-refractivity contribution is 7.13. The Bertz CT molecular complexity index is 918. The molecule has 0 aliphatic rings. The topological polar surface area (TPSA) is 51.2 Å². The van der Waals surface area contributed by atoms with Crippen LogP contribution in [0.3, 0.4) is 0 Å². The zero-order valence-corrected chi connectivity index (χ0v) is 16.0. The molecule has 0 aliphatic carbocycles. The first-order chi connectivity index (χ1) is 12.5. The molecule has 1 N–H and O–H groups in total. The number of hydrogen-bond donors (Lipinski definition) is 1. The van der Waals surface area contributed by atoms with Gasteiger partial charge in [0.15, 0.2) is 6.61 Å². The van der Waals surface area contributed by atoms with Gasteiger partial charge in [0.05, 0.1) is 12.2 Å². The van der Waals surface area contributed by atoms with Gasteiger partial charge in [0.25, 0.3) is 5.91 Å². The average Bonchev–Trinajstić information content (AvgIpc) is 3.10. The molecule has 0 saturated carbocycles. The van der Waals surface area contributed by atoms with Crippen LogP contribution in [0.5, 0.6) is 5.75 Å². The van der Waals surface area contributed by atoms with E-state index in [4.69, 9.17) is 4.74 Å². The van der Waals surface area contributed by atoms with Crippen molar-refractivity contribution in [2.75, 3.05) is 6.61 Å². The first kappa shape index (κ1) is 18.1. The van der Waals surface area contributed by atoms with E-state index in [-0.39, 0.29) is 12.5 Å². The molecule has 3 rings (SSSR count). The molecule has 134 valence electrons. The smallest absolute Gasteiger partial charge is 0.258 e. The molecule has 0 unspecified atom stereocenters. The lowest BCUT2D eigenvalue weighted by atomic mass is 10.1. The fraction of sp³-hybridized carbons (Fsp3) is 0.238. The van der Waals surface area contributed by atoms with Crippen LogP contribution in [-0.2, 0) is 11.3 Å². The monoisotopic (exact) mass is 366 g/mol. The SMILES string of the molecule is Cc1ccc(OCC(=O)NCc2csc(-c3ccccc3C)n2)cc1C. The molecule has 0 fully saturated rings. The quantitative estimate of drug-likeness (QED) is 0.702. The molecule has 1 amide bonds. The highest BCUT2D eigenvalue weighted by Gasteiger charge is 2.09. The van der Waals surface area contributed by atoms with Gasteiger partial charge in [0, 0.05) is 10.9 Å². The molecule has 0 radical (unpaired) electrons. The molecule has 0 atom stereocenters. The number of carbonyl (C=O) groups excluding carboxylic acids is 1. The van der Waals surface area contributed by atoms with E-state index in [1.54, 1.807) is 11.3 Å². The number of hydrogen-bond acceptors (Lipinski definition) is 4. The van der Waals surface area contributed by atoms with Crippen LogP contribution < -0.4 is 10.1 Å². The lowest BCUT2D eigenvalue weighted by Gasteiger charge is -2.08. The van der Waals surface area contributed by atoms with Gasteiger partial charge in [-0.3, -0.25) is 4.79 Å². The molecule has 0 aliphatic heterocycles. The van der Waals surface area contributed by atoms with Crippen molar-refractivity contribution in [1.82, 2.24) is 10.3 Å². The second kappa shape index (κ2) is 8.15. The summed E-state index contributed by atoms with van der Waals surface area (Å²) in [6.07, 6.45) is 0. The second-order valence-corrected chi connectivity index (χ2v) is 7.13. The fourth-order valence-electron chi connectivity index (χ4n) is 2.52. The maximum absolute atomic E-state index is 12.0.